The van der Waals surface area contributed by atoms with Gasteiger partial charge in [-0.05, 0) is 56.5 Å². The number of aryl methyl sites for hydroxylation is 1. The van der Waals surface area contributed by atoms with Crippen LogP contribution in [0.25, 0.3) is 22.6 Å². The number of aldehydes is 1. The monoisotopic (exact) mass is 358 g/mol. The van der Waals surface area contributed by atoms with E-state index < -0.39 is 0 Å². The first-order valence-corrected chi connectivity index (χ1v) is 8.89. The van der Waals surface area contributed by atoms with E-state index in [1.54, 1.807) is 18.2 Å². The van der Waals surface area contributed by atoms with Crippen LogP contribution in [0, 0.1) is 11.3 Å². The molecule has 134 valence electrons. The van der Waals surface area contributed by atoms with Gasteiger partial charge in [-0.1, -0.05) is 17.3 Å². The number of benzene rings is 2. The quantitative estimate of drug-likeness (QED) is 0.638. The van der Waals surface area contributed by atoms with Crippen molar-refractivity contribution in [2.45, 2.75) is 32.8 Å². The molecule has 0 spiro atoms. The van der Waals surface area contributed by atoms with Crippen LogP contribution >= 0.6 is 0 Å². The fourth-order valence-electron chi connectivity index (χ4n) is 3.48. The smallest absolute Gasteiger partial charge is 0.170 e. The number of nitriles is 1. The summed E-state index contributed by atoms with van der Waals surface area (Å²) in [7, 11) is 0. The Morgan fingerprint density at radius 1 is 1.22 bits per heavy atom. The predicted molar refractivity (Wildman–Crippen MR) is 101 cm³/mol. The first-order chi connectivity index (χ1) is 13.1. The van der Waals surface area contributed by atoms with Crippen molar-refractivity contribution in [1.82, 2.24) is 5.16 Å². The lowest BCUT2D eigenvalue weighted by atomic mass is 9.87. The summed E-state index contributed by atoms with van der Waals surface area (Å²) in [4.78, 5) is 11.0. The molecule has 2 aromatic carbocycles. The Hall–Kier alpha value is -3.39. The number of nitrogens with zero attached hydrogens (tertiary/aromatic N) is 2. The Kier molecular flexibility index (Phi) is 4.25. The SMILES string of the molecule is CC(C)Oc1ccc(-c2onc3c2CCc2cc(C=O)ccc2-3)cc1C#N. The molecule has 27 heavy (non-hydrogen) atoms. The van der Waals surface area contributed by atoms with E-state index in [2.05, 4.69) is 11.2 Å². The van der Waals surface area contributed by atoms with Crippen LogP contribution in [0.1, 0.15) is 40.9 Å². The van der Waals surface area contributed by atoms with Crippen molar-refractivity contribution in [3.63, 3.8) is 0 Å². The topological polar surface area (TPSA) is 76.1 Å². The van der Waals surface area contributed by atoms with E-state index in [1.165, 1.54) is 0 Å². The summed E-state index contributed by atoms with van der Waals surface area (Å²) in [5.74, 6) is 1.25. The third kappa shape index (κ3) is 3.00. The minimum atomic E-state index is -0.00579. The molecule has 1 aliphatic carbocycles. The number of rotatable bonds is 4. The molecule has 5 nitrogen and oxygen atoms in total. The van der Waals surface area contributed by atoms with Crippen LogP contribution in [0.5, 0.6) is 5.75 Å². The highest BCUT2D eigenvalue weighted by atomic mass is 16.5. The van der Waals surface area contributed by atoms with Crippen LogP contribution in [0.3, 0.4) is 0 Å². The molecule has 0 saturated heterocycles. The lowest BCUT2D eigenvalue weighted by molar-refractivity contribution is 0.112. The zero-order chi connectivity index (χ0) is 19.0. The summed E-state index contributed by atoms with van der Waals surface area (Å²) in [5, 5.41) is 13.7. The number of hydrogen-bond acceptors (Lipinski definition) is 5. The van der Waals surface area contributed by atoms with Crippen LogP contribution in [0.15, 0.2) is 40.9 Å². The third-order valence-electron chi connectivity index (χ3n) is 4.68. The highest BCUT2D eigenvalue weighted by Crippen LogP contribution is 2.39. The van der Waals surface area contributed by atoms with Crippen molar-refractivity contribution < 1.29 is 14.1 Å². The van der Waals surface area contributed by atoms with Gasteiger partial charge in [0.2, 0.25) is 0 Å². The van der Waals surface area contributed by atoms with Crippen molar-refractivity contribution >= 4 is 6.29 Å². The van der Waals surface area contributed by atoms with Crippen molar-refractivity contribution in [1.29, 1.82) is 5.26 Å². The lowest BCUT2D eigenvalue weighted by Gasteiger charge is -2.16. The Labute approximate surface area is 157 Å². The van der Waals surface area contributed by atoms with E-state index in [4.69, 9.17) is 9.26 Å². The number of hydrogen-bond donors (Lipinski definition) is 0. The second-order valence-corrected chi connectivity index (χ2v) is 6.86. The second kappa shape index (κ2) is 6.73. The number of carbonyl (C=O) groups is 1. The molecule has 0 saturated carbocycles. The van der Waals surface area contributed by atoms with Gasteiger partial charge in [0.25, 0.3) is 0 Å². The van der Waals surface area contributed by atoms with E-state index in [0.29, 0.717) is 22.6 Å². The number of ether oxygens (including phenoxy) is 1. The molecule has 1 heterocycles. The largest absolute Gasteiger partial charge is 0.490 e. The van der Waals surface area contributed by atoms with Gasteiger partial charge in [0, 0.05) is 22.3 Å². The van der Waals surface area contributed by atoms with Gasteiger partial charge in [-0.15, -0.1) is 0 Å². The number of aromatic nitrogens is 1. The highest BCUT2D eigenvalue weighted by Gasteiger charge is 2.25. The maximum atomic E-state index is 11.0. The van der Waals surface area contributed by atoms with Crippen molar-refractivity contribution in [2.24, 2.45) is 0 Å². The minimum absolute atomic E-state index is 0.00579. The fraction of sp³-hybridized carbons (Fsp3) is 0.227. The summed E-state index contributed by atoms with van der Waals surface area (Å²) in [6.07, 6.45) is 2.44. The van der Waals surface area contributed by atoms with E-state index in [-0.39, 0.29) is 6.10 Å². The summed E-state index contributed by atoms with van der Waals surface area (Å²) in [5.41, 5.74) is 5.89. The molecule has 1 aromatic heterocycles. The molecule has 0 fully saturated rings. The molecule has 0 bridgehead atoms. The fourth-order valence-corrected chi connectivity index (χ4v) is 3.48. The molecule has 0 unspecified atom stereocenters. The van der Waals surface area contributed by atoms with Crippen LogP contribution in [-0.4, -0.2) is 17.5 Å². The van der Waals surface area contributed by atoms with Crippen LogP contribution in [0.4, 0.5) is 0 Å². The number of fused-ring (bicyclic) bond motifs is 3. The minimum Gasteiger partial charge on any atom is -0.490 e. The summed E-state index contributed by atoms with van der Waals surface area (Å²) in [6, 6.07) is 13.3. The van der Waals surface area contributed by atoms with Gasteiger partial charge < -0.3 is 9.26 Å². The van der Waals surface area contributed by atoms with Crippen molar-refractivity contribution in [2.75, 3.05) is 0 Å². The van der Waals surface area contributed by atoms with Gasteiger partial charge in [-0.25, -0.2) is 0 Å². The molecule has 4 rings (SSSR count). The maximum absolute atomic E-state index is 11.0. The lowest BCUT2D eigenvalue weighted by Crippen LogP contribution is -2.07. The van der Waals surface area contributed by atoms with E-state index in [1.807, 2.05) is 32.0 Å². The molecule has 0 N–H and O–H groups in total. The Bertz CT molecular complexity index is 1070. The average molecular weight is 358 g/mol. The standard InChI is InChI=1S/C22H18N2O3/c1-13(2)26-20-8-5-16(10-17(20)11-23)22-19-7-4-15-9-14(12-25)3-6-18(15)21(19)24-27-22/h3,5-6,8-10,12-13H,4,7H2,1-2H3. The molecule has 0 aliphatic heterocycles. The van der Waals surface area contributed by atoms with Crippen molar-refractivity contribution in [3.8, 4) is 34.4 Å². The summed E-state index contributed by atoms with van der Waals surface area (Å²) in [6.45, 7) is 3.85. The van der Waals surface area contributed by atoms with Gasteiger partial charge >= 0.3 is 0 Å². The molecule has 0 radical (unpaired) electrons. The summed E-state index contributed by atoms with van der Waals surface area (Å²) >= 11 is 0. The molecular weight excluding hydrogens is 340 g/mol. The Morgan fingerprint density at radius 2 is 2.07 bits per heavy atom. The van der Waals surface area contributed by atoms with E-state index in [0.717, 1.165) is 47.1 Å². The molecule has 5 heteroatoms. The van der Waals surface area contributed by atoms with Gasteiger partial charge in [0.15, 0.2) is 5.76 Å². The van der Waals surface area contributed by atoms with Crippen molar-refractivity contribution in [3.05, 3.63) is 58.7 Å². The third-order valence-corrected chi connectivity index (χ3v) is 4.68. The zero-order valence-electron chi connectivity index (χ0n) is 15.2. The van der Waals surface area contributed by atoms with Crippen LogP contribution in [0.2, 0.25) is 0 Å². The molecular formula is C22H18N2O3. The molecule has 1 aliphatic rings. The predicted octanol–water partition coefficient (Wildman–Crippen LogP) is 4.58. The maximum Gasteiger partial charge on any atom is 0.170 e. The molecule has 0 amide bonds. The van der Waals surface area contributed by atoms with Crippen LogP contribution < -0.4 is 4.74 Å². The normalized spacial score (nSPS) is 12.2. The summed E-state index contributed by atoms with van der Waals surface area (Å²) < 4.78 is 11.4. The highest BCUT2D eigenvalue weighted by molar-refractivity contribution is 5.81. The Morgan fingerprint density at radius 3 is 2.81 bits per heavy atom. The molecule has 3 aromatic rings. The van der Waals surface area contributed by atoms with Gasteiger partial charge in [-0.2, -0.15) is 5.26 Å². The van der Waals surface area contributed by atoms with E-state index >= 15 is 0 Å². The van der Waals surface area contributed by atoms with Gasteiger partial charge in [0.05, 0.1) is 11.7 Å². The number of carbonyl (C=O) groups excluding carboxylic acids is 1. The van der Waals surface area contributed by atoms with E-state index in [9.17, 15) is 10.1 Å². The van der Waals surface area contributed by atoms with Gasteiger partial charge in [-0.3, -0.25) is 4.79 Å². The average Bonchev–Trinajstić information content (AvgIpc) is 3.11. The first kappa shape index (κ1) is 17.0. The van der Waals surface area contributed by atoms with Crippen LogP contribution in [-0.2, 0) is 12.8 Å². The second-order valence-electron chi connectivity index (χ2n) is 6.86. The zero-order valence-corrected chi connectivity index (χ0v) is 15.2. The first-order valence-electron chi connectivity index (χ1n) is 8.89. The Balaban J connectivity index is 1.77. The van der Waals surface area contributed by atoms with Gasteiger partial charge in [0.1, 0.15) is 23.8 Å². The molecule has 0 atom stereocenters.